The van der Waals surface area contributed by atoms with E-state index in [2.05, 4.69) is 24.1 Å². The Morgan fingerprint density at radius 3 is 2.75 bits per heavy atom. The Morgan fingerprint density at radius 1 is 1.40 bits per heavy atom. The number of carbonyl (C=O) groups excluding carboxylic acids is 1. The molecule has 3 N–H and O–H groups in total. The maximum atomic E-state index is 11.8. The molecule has 1 aliphatic rings. The van der Waals surface area contributed by atoms with Gasteiger partial charge in [0.05, 0.1) is 11.4 Å². The molecule has 1 heterocycles. The van der Waals surface area contributed by atoms with E-state index < -0.39 is 0 Å². The monoisotopic (exact) mass is 275 g/mol. The molecule has 0 bridgehead atoms. The molecule has 20 heavy (non-hydrogen) atoms. The number of nitrogens with zero attached hydrogens (tertiary/aromatic N) is 1. The first kappa shape index (κ1) is 14.7. The molecule has 0 radical (unpaired) electrons. The smallest absolute Gasteiger partial charge is 0.251 e. The second-order valence-corrected chi connectivity index (χ2v) is 5.53. The fourth-order valence-electron chi connectivity index (χ4n) is 3.10. The molecule has 0 aromatic heterocycles. The summed E-state index contributed by atoms with van der Waals surface area (Å²) in [5, 5.41) is 2.80. The standard InChI is InChI=1S/C16H25N3O/c1-4-13-8-6-11(3)19(13)15-9-7-12(10-14(15)17)16(20)18-5-2/h7,9-11,13H,4-6,8,17H2,1-3H3,(H,18,20). The number of nitrogens with two attached hydrogens (primary N) is 1. The minimum atomic E-state index is -0.0627. The van der Waals surface area contributed by atoms with Crippen LogP contribution in [0.4, 0.5) is 11.4 Å². The van der Waals surface area contributed by atoms with E-state index >= 15 is 0 Å². The predicted molar refractivity (Wildman–Crippen MR) is 84.1 cm³/mol. The van der Waals surface area contributed by atoms with Crippen LogP contribution in [0.1, 0.15) is 50.4 Å². The van der Waals surface area contributed by atoms with Crippen molar-refractivity contribution in [3.05, 3.63) is 23.8 Å². The molecule has 2 atom stereocenters. The van der Waals surface area contributed by atoms with E-state index in [4.69, 9.17) is 5.73 Å². The van der Waals surface area contributed by atoms with Gasteiger partial charge in [0.25, 0.3) is 5.91 Å². The molecule has 1 aromatic rings. The molecule has 2 rings (SSSR count). The van der Waals surface area contributed by atoms with Gasteiger partial charge in [0.2, 0.25) is 0 Å². The lowest BCUT2D eigenvalue weighted by atomic mass is 10.1. The number of hydrogen-bond donors (Lipinski definition) is 2. The van der Waals surface area contributed by atoms with Crippen molar-refractivity contribution in [2.45, 2.75) is 52.1 Å². The second-order valence-electron chi connectivity index (χ2n) is 5.53. The van der Waals surface area contributed by atoms with Gasteiger partial charge < -0.3 is 16.0 Å². The van der Waals surface area contributed by atoms with Gasteiger partial charge in [0.1, 0.15) is 0 Å². The molecule has 2 unspecified atom stereocenters. The summed E-state index contributed by atoms with van der Waals surface area (Å²) in [7, 11) is 0. The Kier molecular flexibility index (Phi) is 4.53. The Bertz CT molecular complexity index is 487. The topological polar surface area (TPSA) is 58.4 Å². The summed E-state index contributed by atoms with van der Waals surface area (Å²) in [6, 6.07) is 6.72. The van der Waals surface area contributed by atoms with Crippen LogP contribution in [0.15, 0.2) is 18.2 Å². The van der Waals surface area contributed by atoms with E-state index in [9.17, 15) is 4.79 Å². The third-order valence-corrected chi connectivity index (χ3v) is 4.16. The summed E-state index contributed by atoms with van der Waals surface area (Å²) in [6.45, 7) is 7.00. The normalized spacial score (nSPS) is 22.1. The largest absolute Gasteiger partial charge is 0.397 e. The highest BCUT2D eigenvalue weighted by Crippen LogP contribution is 2.35. The van der Waals surface area contributed by atoms with Crippen LogP contribution in [0, 0.1) is 0 Å². The maximum absolute atomic E-state index is 11.8. The van der Waals surface area contributed by atoms with Crippen molar-refractivity contribution in [1.82, 2.24) is 5.32 Å². The van der Waals surface area contributed by atoms with Gasteiger partial charge in [-0.05, 0) is 51.3 Å². The van der Waals surface area contributed by atoms with Crippen LogP contribution in [0.3, 0.4) is 0 Å². The number of hydrogen-bond acceptors (Lipinski definition) is 3. The van der Waals surface area contributed by atoms with Gasteiger partial charge in [-0.2, -0.15) is 0 Å². The maximum Gasteiger partial charge on any atom is 0.251 e. The number of anilines is 2. The SMILES string of the molecule is CCNC(=O)c1ccc(N2C(C)CCC2CC)c(N)c1. The summed E-state index contributed by atoms with van der Waals surface area (Å²) < 4.78 is 0. The summed E-state index contributed by atoms with van der Waals surface area (Å²) in [5.41, 5.74) is 8.59. The lowest BCUT2D eigenvalue weighted by Gasteiger charge is -2.31. The quantitative estimate of drug-likeness (QED) is 0.831. The summed E-state index contributed by atoms with van der Waals surface area (Å²) in [6.07, 6.45) is 3.55. The van der Waals surface area contributed by atoms with E-state index in [1.165, 1.54) is 12.8 Å². The zero-order valence-electron chi connectivity index (χ0n) is 12.6. The summed E-state index contributed by atoms with van der Waals surface area (Å²) in [5.74, 6) is -0.0627. The Balaban J connectivity index is 2.27. The first-order valence-electron chi connectivity index (χ1n) is 7.54. The van der Waals surface area contributed by atoms with Crippen LogP contribution in [-0.4, -0.2) is 24.5 Å². The third kappa shape index (κ3) is 2.74. The van der Waals surface area contributed by atoms with Crippen molar-refractivity contribution in [3.8, 4) is 0 Å². The van der Waals surface area contributed by atoms with E-state index in [1.807, 2.05) is 19.1 Å². The van der Waals surface area contributed by atoms with Gasteiger partial charge in [-0.3, -0.25) is 4.79 Å². The van der Waals surface area contributed by atoms with E-state index in [1.54, 1.807) is 6.07 Å². The van der Waals surface area contributed by atoms with Gasteiger partial charge in [0.15, 0.2) is 0 Å². The molecule has 1 aromatic carbocycles. The Morgan fingerprint density at radius 2 is 2.15 bits per heavy atom. The highest BCUT2D eigenvalue weighted by molar-refractivity contribution is 5.96. The molecule has 0 aliphatic carbocycles. The van der Waals surface area contributed by atoms with E-state index in [0.29, 0.717) is 29.9 Å². The lowest BCUT2D eigenvalue weighted by Crippen LogP contribution is -2.34. The van der Waals surface area contributed by atoms with Crippen molar-refractivity contribution in [2.75, 3.05) is 17.2 Å². The second kappa shape index (κ2) is 6.16. The highest BCUT2D eigenvalue weighted by Gasteiger charge is 2.30. The van der Waals surface area contributed by atoms with Gasteiger partial charge in [-0.1, -0.05) is 6.92 Å². The minimum Gasteiger partial charge on any atom is -0.397 e. The lowest BCUT2D eigenvalue weighted by molar-refractivity contribution is 0.0956. The molecular weight excluding hydrogens is 250 g/mol. The van der Waals surface area contributed by atoms with Crippen molar-refractivity contribution in [2.24, 2.45) is 0 Å². The zero-order chi connectivity index (χ0) is 14.7. The minimum absolute atomic E-state index is 0.0627. The van der Waals surface area contributed by atoms with Crippen molar-refractivity contribution >= 4 is 17.3 Å². The van der Waals surface area contributed by atoms with Crippen LogP contribution in [0.25, 0.3) is 0 Å². The highest BCUT2D eigenvalue weighted by atomic mass is 16.1. The number of benzene rings is 1. The number of rotatable bonds is 4. The number of amides is 1. The van der Waals surface area contributed by atoms with Crippen LogP contribution < -0.4 is 16.0 Å². The predicted octanol–water partition coefficient (Wildman–Crippen LogP) is 2.79. The molecule has 1 saturated heterocycles. The third-order valence-electron chi connectivity index (χ3n) is 4.16. The average molecular weight is 275 g/mol. The molecule has 1 fully saturated rings. The van der Waals surface area contributed by atoms with Gasteiger partial charge >= 0.3 is 0 Å². The first-order valence-corrected chi connectivity index (χ1v) is 7.54. The zero-order valence-corrected chi connectivity index (χ0v) is 12.6. The Hall–Kier alpha value is -1.71. The summed E-state index contributed by atoms with van der Waals surface area (Å²) in [4.78, 5) is 14.2. The number of nitrogen functional groups attached to an aromatic ring is 1. The molecule has 4 heteroatoms. The van der Waals surface area contributed by atoms with Crippen LogP contribution in [0.2, 0.25) is 0 Å². The summed E-state index contributed by atoms with van der Waals surface area (Å²) >= 11 is 0. The average Bonchev–Trinajstić information content (AvgIpc) is 2.80. The van der Waals surface area contributed by atoms with E-state index in [0.717, 1.165) is 12.1 Å². The molecule has 1 aliphatic heterocycles. The van der Waals surface area contributed by atoms with Gasteiger partial charge in [-0.25, -0.2) is 0 Å². The molecule has 0 saturated carbocycles. The number of nitrogens with one attached hydrogen (secondary N) is 1. The molecule has 110 valence electrons. The van der Waals surface area contributed by atoms with Crippen molar-refractivity contribution in [1.29, 1.82) is 0 Å². The van der Waals surface area contributed by atoms with Crippen LogP contribution >= 0.6 is 0 Å². The van der Waals surface area contributed by atoms with Crippen LogP contribution in [-0.2, 0) is 0 Å². The van der Waals surface area contributed by atoms with Crippen molar-refractivity contribution in [3.63, 3.8) is 0 Å². The molecule has 0 spiro atoms. The molecule has 1 amide bonds. The fourth-order valence-corrected chi connectivity index (χ4v) is 3.10. The first-order chi connectivity index (χ1) is 9.58. The van der Waals surface area contributed by atoms with Crippen molar-refractivity contribution < 1.29 is 4.79 Å². The molecule has 4 nitrogen and oxygen atoms in total. The van der Waals surface area contributed by atoms with Crippen LogP contribution in [0.5, 0.6) is 0 Å². The fraction of sp³-hybridized carbons (Fsp3) is 0.562. The molecular formula is C16H25N3O. The van der Waals surface area contributed by atoms with E-state index in [-0.39, 0.29) is 5.91 Å². The van der Waals surface area contributed by atoms with Gasteiger partial charge in [0, 0.05) is 24.2 Å². The Labute approximate surface area is 121 Å². The van der Waals surface area contributed by atoms with Gasteiger partial charge in [-0.15, -0.1) is 0 Å². The number of carbonyl (C=O) groups is 1.